The van der Waals surface area contributed by atoms with E-state index in [9.17, 15) is 10.2 Å². The predicted octanol–water partition coefficient (Wildman–Crippen LogP) is 1.05. The van der Waals surface area contributed by atoms with E-state index in [1.807, 2.05) is 11.9 Å². The van der Waals surface area contributed by atoms with Crippen LogP contribution in [-0.2, 0) is 6.42 Å². The SMILES string of the molecule is CNc1nc(NC)nc(N(C)CCc2ccc(O)c(O)c2)n1. The van der Waals surface area contributed by atoms with Crippen molar-refractivity contribution < 1.29 is 10.2 Å². The minimum atomic E-state index is -0.119. The van der Waals surface area contributed by atoms with Gasteiger partial charge in [0.1, 0.15) is 0 Å². The topological polar surface area (TPSA) is 106 Å². The number of aromatic hydroxyl groups is 2. The van der Waals surface area contributed by atoms with E-state index in [1.54, 1.807) is 26.2 Å². The van der Waals surface area contributed by atoms with E-state index >= 15 is 0 Å². The van der Waals surface area contributed by atoms with Crippen molar-refractivity contribution in [2.45, 2.75) is 6.42 Å². The molecule has 2 aromatic rings. The molecule has 4 N–H and O–H groups in total. The third kappa shape index (κ3) is 3.66. The molecule has 0 fully saturated rings. The zero-order chi connectivity index (χ0) is 16.1. The van der Waals surface area contributed by atoms with Gasteiger partial charge in [-0.25, -0.2) is 0 Å². The summed E-state index contributed by atoms with van der Waals surface area (Å²) in [5.41, 5.74) is 0.916. The molecule has 0 aliphatic carbocycles. The summed E-state index contributed by atoms with van der Waals surface area (Å²) in [5.74, 6) is 1.29. The highest BCUT2D eigenvalue weighted by Gasteiger charge is 2.10. The number of benzene rings is 1. The lowest BCUT2D eigenvalue weighted by Gasteiger charge is -2.18. The zero-order valence-electron chi connectivity index (χ0n) is 12.8. The molecule has 0 spiro atoms. The first-order valence-electron chi connectivity index (χ1n) is 6.87. The summed E-state index contributed by atoms with van der Waals surface area (Å²) in [4.78, 5) is 14.7. The maximum absolute atomic E-state index is 9.51. The van der Waals surface area contributed by atoms with Crippen LogP contribution in [0.3, 0.4) is 0 Å². The molecule has 1 aromatic carbocycles. The number of phenols is 2. The van der Waals surface area contributed by atoms with E-state index < -0.39 is 0 Å². The van der Waals surface area contributed by atoms with Crippen molar-refractivity contribution >= 4 is 17.8 Å². The van der Waals surface area contributed by atoms with Gasteiger partial charge in [0.15, 0.2) is 11.5 Å². The molecule has 0 aliphatic heterocycles. The van der Waals surface area contributed by atoms with Crippen LogP contribution >= 0.6 is 0 Å². The number of nitrogens with one attached hydrogen (secondary N) is 2. The lowest BCUT2D eigenvalue weighted by Crippen LogP contribution is -2.23. The number of anilines is 3. The van der Waals surface area contributed by atoms with Crippen LogP contribution in [0.25, 0.3) is 0 Å². The van der Waals surface area contributed by atoms with Gasteiger partial charge in [0, 0.05) is 27.7 Å². The highest BCUT2D eigenvalue weighted by molar-refractivity contribution is 5.44. The van der Waals surface area contributed by atoms with Crippen LogP contribution in [-0.4, -0.2) is 52.9 Å². The number of hydrogen-bond acceptors (Lipinski definition) is 8. The quantitative estimate of drug-likeness (QED) is 0.587. The van der Waals surface area contributed by atoms with Crippen molar-refractivity contribution in [1.82, 2.24) is 15.0 Å². The van der Waals surface area contributed by atoms with Crippen LogP contribution in [0.2, 0.25) is 0 Å². The molecule has 0 unspecified atom stereocenters. The summed E-state index contributed by atoms with van der Waals surface area (Å²) >= 11 is 0. The predicted molar refractivity (Wildman–Crippen MR) is 85.7 cm³/mol. The standard InChI is InChI=1S/C14H20N6O2/c1-15-12-17-13(16-2)19-14(18-12)20(3)7-6-9-4-5-10(21)11(22)8-9/h4-5,8,21-22H,6-7H2,1-3H3,(H2,15,16,17,18,19). The van der Waals surface area contributed by atoms with Crippen molar-refractivity contribution in [3.05, 3.63) is 23.8 Å². The van der Waals surface area contributed by atoms with E-state index in [2.05, 4.69) is 25.6 Å². The Hall–Kier alpha value is -2.77. The number of hydrogen-bond donors (Lipinski definition) is 4. The molecule has 8 heteroatoms. The summed E-state index contributed by atoms with van der Waals surface area (Å²) in [6.07, 6.45) is 0.680. The maximum atomic E-state index is 9.51. The fourth-order valence-electron chi connectivity index (χ4n) is 1.88. The Balaban J connectivity index is 2.08. The van der Waals surface area contributed by atoms with Crippen LogP contribution in [0, 0.1) is 0 Å². The van der Waals surface area contributed by atoms with Crippen molar-refractivity contribution in [2.24, 2.45) is 0 Å². The largest absolute Gasteiger partial charge is 0.504 e. The number of nitrogens with zero attached hydrogens (tertiary/aromatic N) is 4. The first kappa shape index (κ1) is 15.6. The Morgan fingerprint density at radius 1 is 1.00 bits per heavy atom. The monoisotopic (exact) mass is 304 g/mol. The third-order valence-corrected chi connectivity index (χ3v) is 3.19. The third-order valence-electron chi connectivity index (χ3n) is 3.19. The number of likely N-dealkylation sites (N-methyl/N-ethyl adjacent to an activating group) is 1. The molecule has 0 aliphatic rings. The first-order chi connectivity index (χ1) is 10.5. The van der Waals surface area contributed by atoms with E-state index in [4.69, 9.17) is 0 Å². The van der Waals surface area contributed by atoms with Crippen LogP contribution < -0.4 is 15.5 Å². The normalized spacial score (nSPS) is 10.3. The summed E-state index contributed by atoms with van der Waals surface area (Å²) in [5, 5.41) is 24.6. The number of phenolic OH excluding ortho intramolecular Hbond substituents is 2. The second-order valence-corrected chi connectivity index (χ2v) is 4.78. The lowest BCUT2D eigenvalue weighted by atomic mass is 10.1. The molecular formula is C14H20N6O2. The van der Waals surface area contributed by atoms with Crippen LogP contribution in [0.4, 0.5) is 17.8 Å². The molecule has 8 nitrogen and oxygen atoms in total. The van der Waals surface area contributed by atoms with Crippen LogP contribution in [0.15, 0.2) is 18.2 Å². The molecule has 0 atom stereocenters. The van der Waals surface area contributed by atoms with Gasteiger partial charge in [0.2, 0.25) is 17.8 Å². The number of rotatable bonds is 6. The molecule has 1 aromatic heterocycles. The minimum Gasteiger partial charge on any atom is -0.504 e. The molecule has 0 saturated carbocycles. The Bertz CT molecular complexity index is 627. The van der Waals surface area contributed by atoms with Crippen LogP contribution in [0.1, 0.15) is 5.56 Å². The Kier molecular flexibility index (Phi) is 4.82. The van der Waals surface area contributed by atoms with E-state index in [1.165, 1.54) is 6.07 Å². The van der Waals surface area contributed by atoms with Crippen LogP contribution in [0.5, 0.6) is 11.5 Å². The summed E-state index contributed by atoms with van der Waals surface area (Å²) in [6.45, 7) is 0.653. The van der Waals surface area contributed by atoms with Gasteiger partial charge in [0.25, 0.3) is 0 Å². The van der Waals surface area contributed by atoms with Crippen molar-refractivity contribution in [3.8, 4) is 11.5 Å². The summed E-state index contributed by atoms with van der Waals surface area (Å²) < 4.78 is 0. The van der Waals surface area contributed by atoms with Crippen molar-refractivity contribution in [2.75, 3.05) is 43.2 Å². The van der Waals surface area contributed by atoms with Gasteiger partial charge < -0.3 is 25.7 Å². The molecule has 22 heavy (non-hydrogen) atoms. The van der Waals surface area contributed by atoms with Gasteiger partial charge in [0.05, 0.1) is 0 Å². The maximum Gasteiger partial charge on any atom is 0.231 e. The van der Waals surface area contributed by atoms with Gasteiger partial charge in [-0.3, -0.25) is 0 Å². The zero-order valence-corrected chi connectivity index (χ0v) is 12.8. The van der Waals surface area contributed by atoms with Gasteiger partial charge >= 0.3 is 0 Å². The van der Waals surface area contributed by atoms with Gasteiger partial charge in [-0.05, 0) is 24.1 Å². The summed E-state index contributed by atoms with van der Waals surface area (Å²) in [6, 6.07) is 4.80. The fourth-order valence-corrected chi connectivity index (χ4v) is 1.88. The minimum absolute atomic E-state index is 0.116. The molecular weight excluding hydrogens is 284 g/mol. The highest BCUT2D eigenvalue weighted by Crippen LogP contribution is 2.25. The second kappa shape index (κ2) is 6.79. The molecule has 1 heterocycles. The Morgan fingerprint density at radius 3 is 2.18 bits per heavy atom. The fraction of sp³-hybridized carbons (Fsp3) is 0.357. The second-order valence-electron chi connectivity index (χ2n) is 4.78. The molecule has 0 radical (unpaired) electrons. The average Bonchev–Trinajstić information content (AvgIpc) is 2.55. The molecule has 2 rings (SSSR count). The van der Waals surface area contributed by atoms with Crippen molar-refractivity contribution in [1.29, 1.82) is 0 Å². The van der Waals surface area contributed by atoms with E-state index in [0.29, 0.717) is 30.8 Å². The first-order valence-corrected chi connectivity index (χ1v) is 6.87. The van der Waals surface area contributed by atoms with E-state index in [0.717, 1.165) is 5.56 Å². The molecule has 118 valence electrons. The van der Waals surface area contributed by atoms with Crippen molar-refractivity contribution in [3.63, 3.8) is 0 Å². The summed E-state index contributed by atoms with van der Waals surface area (Å²) in [7, 11) is 5.38. The van der Waals surface area contributed by atoms with Gasteiger partial charge in [-0.15, -0.1) is 0 Å². The van der Waals surface area contributed by atoms with E-state index in [-0.39, 0.29) is 11.5 Å². The number of aromatic nitrogens is 3. The highest BCUT2D eigenvalue weighted by atomic mass is 16.3. The Labute approximate surface area is 128 Å². The Morgan fingerprint density at radius 2 is 1.64 bits per heavy atom. The molecule has 0 bridgehead atoms. The smallest absolute Gasteiger partial charge is 0.231 e. The average molecular weight is 304 g/mol. The van der Waals surface area contributed by atoms with Gasteiger partial charge in [-0.2, -0.15) is 15.0 Å². The lowest BCUT2D eigenvalue weighted by molar-refractivity contribution is 0.403. The molecule has 0 amide bonds. The van der Waals surface area contributed by atoms with Gasteiger partial charge in [-0.1, -0.05) is 6.07 Å². The molecule has 0 saturated heterocycles.